The zero-order valence-corrected chi connectivity index (χ0v) is 15.3. The molecule has 0 saturated carbocycles. The van der Waals surface area contributed by atoms with Crippen molar-refractivity contribution >= 4 is 23.4 Å². The van der Waals surface area contributed by atoms with Gasteiger partial charge < -0.3 is 9.80 Å². The minimum atomic E-state index is 0.502. The average molecular weight is 342 g/mol. The molecule has 0 aromatic carbocycles. The summed E-state index contributed by atoms with van der Waals surface area (Å²) in [4.78, 5) is 22.9. The first-order chi connectivity index (χ1) is 11.6. The molecule has 2 bridgehead atoms. The van der Waals surface area contributed by atoms with E-state index in [-0.39, 0.29) is 0 Å². The minimum absolute atomic E-state index is 0.502. The highest BCUT2D eigenvalue weighted by Crippen LogP contribution is 2.39. The summed E-state index contributed by atoms with van der Waals surface area (Å²) in [6.07, 6.45) is 4.92. The van der Waals surface area contributed by atoms with Gasteiger partial charge in [0.1, 0.15) is 18.0 Å². The van der Waals surface area contributed by atoms with Gasteiger partial charge in [-0.2, -0.15) is 0 Å². The molecule has 3 aliphatic rings. The van der Waals surface area contributed by atoms with Crippen LogP contribution in [0.1, 0.15) is 23.4 Å². The summed E-state index contributed by atoms with van der Waals surface area (Å²) < 4.78 is 0. The van der Waals surface area contributed by atoms with E-state index in [4.69, 9.17) is 4.98 Å². The quantitative estimate of drug-likeness (QED) is 0.627. The van der Waals surface area contributed by atoms with E-state index in [1.807, 2.05) is 13.2 Å². The number of piperidine rings is 1. The van der Waals surface area contributed by atoms with E-state index in [9.17, 15) is 0 Å². The summed E-state index contributed by atoms with van der Waals surface area (Å²) in [6, 6.07) is 3.07. The van der Waals surface area contributed by atoms with Crippen LogP contribution in [0.4, 0.5) is 11.6 Å². The maximum absolute atomic E-state index is 4.80. The van der Waals surface area contributed by atoms with Crippen LogP contribution in [0.3, 0.4) is 0 Å². The third kappa shape index (κ3) is 2.51. The SMILES string of the molecule is CSc1nc(C)c(C)c(N2C3CC2CN(c2cc(C)ncn2)C3)n1. The fourth-order valence-electron chi connectivity index (χ4n) is 3.69. The number of piperazine rings is 1. The molecular weight excluding hydrogens is 320 g/mol. The number of aryl methyl sites for hydroxylation is 2. The second kappa shape index (κ2) is 5.88. The molecule has 0 aliphatic carbocycles. The smallest absolute Gasteiger partial charge is 0.189 e. The fourth-order valence-corrected chi connectivity index (χ4v) is 4.09. The monoisotopic (exact) mass is 342 g/mol. The van der Waals surface area contributed by atoms with Gasteiger partial charge in [0.05, 0.1) is 12.1 Å². The van der Waals surface area contributed by atoms with Gasteiger partial charge in [-0.05, 0) is 33.4 Å². The third-order valence-electron chi connectivity index (χ3n) is 5.08. The van der Waals surface area contributed by atoms with Crippen LogP contribution in [-0.2, 0) is 0 Å². The van der Waals surface area contributed by atoms with E-state index in [0.29, 0.717) is 12.1 Å². The van der Waals surface area contributed by atoms with Crippen LogP contribution in [0, 0.1) is 20.8 Å². The number of fused-ring (bicyclic) bond motifs is 2. The van der Waals surface area contributed by atoms with Crippen molar-refractivity contribution in [1.29, 1.82) is 0 Å². The Morgan fingerprint density at radius 1 is 1.08 bits per heavy atom. The molecule has 5 rings (SSSR count). The topological polar surface area (TPSA) is 58.0 Å². The Morgan fingerprint density at radius 3 is 2.50 bits per heavy atom. The lowest BCUT2D eigenvalue weighted by atomic mass is 9.87. The van der Waals surface area contributed by atoms with E-state index in [0.717, 1.165) is 41.3 Å². The van der Waals surface area contributed by atoms with E-state index in [1.165, 1.54) is 12.0 Å². The second-order valence-electron chi connectivity index (χ2n) is 6.62. The lowest BCUT2D eigenvalue weighted by Gasteiger charge is -2.57. The first-order valence-corrected chi connectivity index (χ1v) is 9.50. The number of thioether (sulfide) groups is 1. The predicted octanol–water partition coefficient (Wildman–Crippen LogP) is 2.38. The third-order valence-corrected chi connectivity index (χ3v) is 5.62. The molecule has 7 heteroatoms. The Kier molecular flexibility index (Phi) is 3.83. The molecule has 0 amide bonds. The van der Waals surface area contributed by atoms with Crippen LogP contribution in [0.2, 0.25) is 0 Å². The Labute approximate surface area is 146 Å². The summed E-state index contributed by atoms with van der Waals surface area (Å²) >= 11 is 1.61. The van der Waals surface area contributed by atoms with Crippen molar-refractivity contribution in [2.45, 2.75) is 44.4 Å². The molecule has 5 heterocycles. The van der Waals surface area contributed by atoms with Crippen LogP contribution in [0.25, 0.3) is 0 Å². The average Bonchev–Trinajstić information content (AvgIpc) is 2.58. The largest absolute Gasteiger partial charge is 0.352 e. The lowest BCUT2D eigenvalue weighted by Crippen LogP contribution is -2.69. The number of aromatic nitrogens is 4. The minimum Gasteiger partial charge on any atom is -0.352 e. The molecule has 6 nitrogen and oxygen atoms in total. The number of hydrogen-bond acceptors (Lipinski definition) is 7. The maximum atomic E-state index is 4.80. The van der Waals surface area contributed by atoms with Gasteiger partial charge in [0.2, 0.25) is 0 Å². The van der Waals surface area contributed by atoms with Crippen molar-refractivity contribution in [2.24, 2.45) is 0 Å². The predicted molar refractivity (Wildman–Crippen MR) is 96.9 cm³/mol. The molecule has 0 N–H and O–H groups in total. The van der Waals surface area contributed by atoms with Gasteiger partial charge >= 0.3 is 0 Å². The van der Waals surface area contributed by atoms with Gasteiger partial charge in [0.25, 0.3) is 0 Å². The van der Waals surface area contributed by atoms with Crippen molar-refractivity contribution in [3.63, 3.8) is 0 Å². The van der Waals surface area contributed by atoms with E-state index in [1.54, 1.807) is 18.1 Å². The van der Waals surface area contributed by atoms with Crippen molar-refractivity contribution < 1.29 is 0 Å². The van der Waals surface area contributed by atoms with Crippen LogP contribution in [0.15, 0.2) is 17.6 Å². The molecule has 2 aromatic heterocycles. The molecule has 3 fully saturated rings. The van der Waals surface area contributed by atoms with Gasteiger partial charge in [-0.3, -0.25) is 0 Å². The zero-order chi connectivity index (χ0) is 16.8. The highest BCUT2D eigenvalue weighted by atomic mass is 32.2. The van der Waals surface area contributed by atoms with Crippen LogP contribution in [-0.4, -0.2) is 51.4 Å². The summed E-state index contributed by atoms with van der Waals surface area (Å²) in [5, 5.41) is 0.862. The summed E-state index contributed by atoms with van der Waals surface area (Å²) in [5.74, 6) is 2.16. The van der Waals surface area contributed by atoms with Gasteiger partial charge in [0.15, 0.2) is 5.16 Å². The Hall–Kier alpha value is -1.89. The first-order valence-electron chi connectivity index (χ1n) is 8.28. The normalized spacial score (nSPS) is 22.5. The fraction of sp³-hybridized carbons (Fsp3) is 0.529. The Bertz CT molecular complexity index is 768. The van der Waals surface area contributed by atoms with Crippen molar-refractivity contribution in [2.75, 3.05) is 29.1 Å². The van der Waals surface area contributed by atoms with Gasteiger partial charge in [0, 0.05) is 36.1 Å². The van der Waals surface area contributed by atoms with E-state index < -0.39 is 0 Å². The molecule has 0 spiro atoms. The van der Waals surface area contributed by atoms with Crippen LogP contribution >= 0.6 is 11.8 Å². The standard InChI is InChI=1S/C17H22N6S/c1-10-5-15(19-9-18-10)22-7-13-6-14(8-22)23(13)16-11(2)12(3)20-17(21-16)24-4/h5,9,13-14H,6-8H2,1-4H3. The molecule has 3 saturated heterocycles. The maximum Gasteiger partial charge on any atom is 0.189 e. The summed E-state index contributed by atoms with van der Waals surface area (Å²) in [5.41, 5.74) is 3.30. The zero-order valence-electron chi connectivity index (χ0n) is 14.5. The second-order valence-corrected chi connectivity index (χ2v) is 7.39. The van der Waals surface area contributed by atoms with Gasteiger partial charge in [-0.1, -0.05) is 11.8 Å². The molecule has 0 radical (unpaired) electrons. The van der Waals surface area contributed by atoms with Crippen molar-refractivity contribution in [3.05, 3.63) is 29.3 Å². The highest BCUT2D eigenvalue weighted by molar-refractivity contribution is 7.98. The number of rotatable bonds is 3. The molecule has 2 aromatic rings. The molecule has 2 unspecified atom stereocenters. The van der Waals surface area contributed by atoms with Gasteiger partial charge in [-0.25, -0.2) is 19.9 Å². The first kappa shape index (κ1) is 15.6. The van der Waals surface area contributed by atoms with E-state index in [2.05, 4.69) is 44.7 Å². The molecule has 24 heavy (non-hydrogen) atoms. The number of anilines is 2. The van der Waals surface area contributed by atoms with Gasteiger partial charge in [-0.15, -0.1) is 0 Å². The number of nitrogens with zero attached hydrogens (tertiary/aromatic N) is 6. The molecule has 2 atom stereocenters. The number of hydrogen-bond donors (Lipinski definition) is 0. The van der Waals surface area contributed by atoms with Crippen molar-refractivity contribution in [3.8, 4) is 0 Å². The van der Waals surface area contributed by atoms with E-state index >= 15 is 0 Å². The van der Waals surface area contributed by atoms with Crippen molar-refractivity contribution in [1.82, 2.24) is 19.9 Å². The van der Waals surface area contributed by atoms with Crippen LogP contribution < -0.4 is 9.80 Å². The summed E-state index contributed by atoms with van der Waals surface area (Å²) in [7, 11) is 0. The molecule has 126 valence electrons. The van der Waals surface area contributed by atoms with Crippen LogP contribution in [0.5, 0.6) is 0 Å². The lowest BCUT2D eigenvalue weighted by molar-refractivity contribution is 0.286. The molecular formula is C17H22N6S. The summed E-state index contributed by atoms with van der Waals surface area (Å²) in [6.45, 7) is 8.20. The Morgan fingerprint density at radius 2 is 1.83 bits per heavy atom. The highest BCUT2D eigenvalue weighted by Gasteiger charge is 2.46. The molecule has 3 aliphatic heterocycles. The Balaban J connectivity index is 1.59.